The van der Waals surface area contributed by atoms with Crippen LogP contribution < -0.4 is 0 Å². The molecule has 1 aromatic rings. The molecule has 2 atom stereocenters. The summed E-state index contributed by atoms with van der Waals surface area (Å²) in [6.45, 7) is 0.737. The number of piperidine rings is 1. The minimum absolute atomic E-state index is 0.0711. The third kappa shape index (κ3) is 7.85. The molecule has 28 heavy (non-hydrogen) atoms. The largest absolute Gasteiger partial charge is 0.469 e. The molecule has 1 amide bonds. The monoisotopic (exact) mass is 387 g/mol. The van der Waals surface area contributed by atoms with Gasteiger partial charge in [0.25, 0.3) is 0 Å². The number of carbonyl (C=O) groups excluding carboxylic acids is 2. The standard InChI is InChI=1S/C23H33NO4/c1-28-23(27)14-7-2-3-8-17-24-20(12-9-13-22(24)26)15-16-21(25)18-19-10-5-4-6-11-19/h4-6,10-11,15-16,20-21,25H,2-3,7-9,12-14,17-18H2,1H3/b16-15+. The first-order chi connectivity index (χ1) is 13.6. The molecule has 5 nitrogen and oxygen atoms in total. The molecule has 1 heterocycles. The lowest BCUT2D eigenvalue weighted by molar-refractivity contribution is -0.140. The molecule has 1 aromatic carbocycles. The van der Waals surface area contributed by atoms with E-state index in [4.69, 9.17) is 0 Å². The maximum absolute atomic E-state index is 12.4. The molecule has 0 aromatic heterocycles. The van der Waals surface area contributed by atoms with Crippen LogP contribution in [0, 0.1) is 0 Å². The molecular formula is C23H33NO4. The van der Waals surface area contributed by atoms with Crippen molar-refractivity contribution in [1.82, 2.24) is 4.90 Å². The molecule has 2 rings (SSSR count). The first-order valence-electron chi connectivity index (χ1n) is 10.4. The number of unbranched alkanes of at least 4 members (excludes halogenated alkanes) is 3. The predicted octanol–water partition coefficient (Wildman–Crippen LogP) is 3.65. The molecule has 1 aliphatic heterocycles. The number of methoxy groups -OCH3 is 1. The summed E-state index contributed by atoms with van der Waals surface area (Å²) in [6, 6.07) is 9.99. The molecule has 0 bridgehead atoms. The van der Waals surface area contributed by atoms with Gasteiger partial charge in [0.1, 0.15) is 0 Å². The number of rotatable bonds is 11. The van der Waals surface area contributed by atoms with Crippen LogP contribution in [0.4, 0.5) is 0 Å². The van der Waals surface area contributed by atoms with Crippen LogP contribution in [0.3, 0.4) is 0 Å². The lowest BCUT2D eigenvalue weighted by atomic mass is 9.99. The number of ether oxygens (including phenoxy) is 1. The summed E-state index contributed by atoms with van der Waals surface area (Å²) in [5.41, 5.74) is 1.10. The number of aliphatic hydroxyl groups is 1. The van der Waals surface area contributed by atoms with Crippen LogP contribution in [0.1, 0.15) is 56.9 Å². The zero-order valence-corrected chi connectivity index (χ0v) is 16.9. The van der Waals surface area contributed by atoms with Gasteiger partial charge in [-0.15, -0.1) is 0 Å². The van der Waals surface area contributed by atoms with Crippen LogP contribution in [0.25, 0.3) is 0 Å². The Morgan fingerprint density at radius 3 is 2.75 bits per heavy atom. The predicted molar refractivity (Wildman–Crippen MR) is 110 cm³/mol. The topological polar surface area (TPSA) is 66.8 Å². The van der Waals surface area contributed by atoms with E-state index in [9.17, 15) is 14.7 Å². The number of likely N-dealkylation sites (tertiary alicyclic amines) is 1. The van der Waals surface area contributed by atoms with Crippen molar-refractivity contribution >= 4 is 11.9 Å². The number of amides is 1. The molecule has 154 valence electrons. The maximum atomic E-state index is 12.4. The number of carbonyl (C=O) groups is 2. The van der Waals surface area contributed by atoms with Crippen molar-refractivity contribution in [2.45, 2.75) is 69.9 Å². The highest BCUT2D eigenvalue weighted by Gasteiger charge is 2.25. The quantitative estimate of drug-likeness (QED) is 0.358. The Morgan fingerprint density at radius 1 is 1.25 bits per heavy atom. The summed E-state index contributed by atoms with van der Waals surface area (Å²) >= 11 is 0. The van der Waals surface area contributed by atoms with E-state index in [2.05, 4.69) is 4.74 Å². The molecule has 1 aliphatic rings. The summed E-state index contributed by atoms with van der Waals surface area (Å²) in [5, 5.41) is 10.3. The Hall–Kier alpha value is -2.14. The molecule has 5 heteroatoms. The zero-order valence-electron chi connectivity index (χ0n) is 16.9. The van der Waals surface area contributed by atoms with Gasteiger partial charge < -0.3 is 14.7 Å². The van der Waals surface area contributed by atoms with Crippen molar-refractivity contribution in [3.63, 3.8) is 0 Å². The molecular weight excluding hydrogens is 354 g/mol. The van der Waals surface area contributed by atoms with Gasteiger partial charge in [0.15, 0.2) is 0 Å². The minimum Gasteiger partial charge on any atom is -0.469 e. The van der Waals surface area contributed by atoms with Crippen molar-refractivity contribution in [3.8, 4) is 0 Å². The Balaban J connectivity index is 1.77. The number of hydrogen-bond acceptors (Lipinski definition) is 4. The molecule has 0 aliphatic carbocycles. The summed E-state index contributed by atoms with van der Waals surface area (Å²) in [5.74, 6) is 0.0403. The summed E-state index contributed by atoms with van der Waals surface area (Å²) in [7, 11) is 1.41. The van der Waals surface area contributed by atoms with Crippen LogP contribution in [0.15, 0.2) is 42.5 Å². The Labute approximate surface area is 168 Å². The molecule has 1 fully saturated rings. The van der Waals surface area contributed by atoms with Gasteiger partial charge in [-0.25, -0.2) is 0 Å². The number of aliphatic hydroxyl groups excluding tert-OH is 1. The highest BCUT2D eigenvalue weighted by atomic mass is 16.5. The van der Waals surface area contributed by atoms with Crippen molar-refractivity contribution in [2.24, 2.45) is 0 Å². The van der Waals surface area contributed by atoms with Crippen molar-refractivity contribution in [3.05, 3.63) is 48.0 Å². The number of hydrogen-bond donors (Lipinski definition) is 1. The molecule has 1 saturated heterocycles. The third-order valence-electron chi connectivity index (χ3n) is 5.21. The second-order valence-corrected chi connectivity index (χ2v) is 7.43. The fraction of sp³-hybridized carbons (Fsp3) is 0.565. The van der Waals surface area contributed by atoms with Gasteiger partial charge in [-0.3, -0.25) is 9.59 Å². The van der Waals surface area contributed by atoms with Gasteiger partial charge in [0.2, 0.25) is 5.91 Å². The molecule has 0 saturated carbocycles. The summed E-state index contributed by atoms with van der Waals surface area (Å²) in [6.07, 6.45) is 10.5. The molecule has 0 radical (unpaired) electrons. The average Bonchev–Trinajstić information content (AvgIpc) is 2.70. The Kier molecular flexibility index (Phi) is 9.77. The van der Waals surface area contributed by atoms with E-state index in [-0.39, 0.29) is 17.9 Å². The van der Waals surface area contributed by atoms with E-state index in [1.807, 2.05) is 47.4 Å². The Morgan fingerprint density at radius 2 is 2.00 bits per heavy atom. The van der Waals surface area contributed by atoms with E-state index < -0.39 is 6.10 Å². The van der Waals surface area contributed by atoms with E-state index in [1.165, 1.54) is 7.11 Å². The van der Waals surface area contributed by atoms with Gasteiger partial charge in [-0.2, -0.15) is 0 Å². The van der Waals surface area contributed by atoms with E-state index >= 15 is 0 Å². The summed E-state index contributed by atoms with van der Waals surface area (Å²) in [4.78, 5) is 25.4. The minimum atomic E-state index is -0.542. The highest BCUT2D eigenvalue weighted by molar-refractivity contribution is 5.77. The van der Waals surface area contributed by atoms with Gasteiger partial charge in [0.05, 0.1) is 19.3 Å². The first kappa shape index (κ1) is 22.2. The second-order valence-electron chi connectivity index (χ2n) is 7.43. The normalized spacial score (nSPS) is 18.4. The van der Waals surface area contributed by atoms with Crippen LogP contribution in [0.2, 0.25) is 0 Å². The van der Waals surface area contributed by atoms with E-state index in [1.54, 1.807) is 0 Å². The van der Waals surface area contributed by atoms with Gasteiger partial charge in [0, 0.05) is 25.8 Å². The van der Waals surface area contributed by atoms with Crippen LogP contribution in [-0.2, 0) is 20.7 Å². The Bertz CT molecular complexity index is 629. The van der Waals surface area contributed by atoms with Crippen molar-refractivity contribution in [2.75, 3.05) is 13.7 Å². The SMILES string of the molecule is COC(=O)CCCCCCN1C(=O)CCCC1/C=C/C(O)Cc1ccccc1. The third-order valence-corrected chi connectivity index (χ3v) is 5.21. The first-order valence-corrected chi connectivity index (χ1v) is 10.4. The fourth-order valence-electron chi connectivity index (χ4n) is 3.62. The average molecular weight is 388 g/mol. The summed E-state index contributed by atoms with van der Waals surface area (Å²) < 4.78 is 4.64. The molecule has 2 unspecified atom stereocenters. The highest BCUT2D eigenvalue weighted by Crippen LogP contribution is 2.21. The van der Waals surface area contributed by atoms with Gasteiger partial charge in [-0.05, 0) is 31.2 Å². The molecule has 0 spiro atoms. The zero-order chi connectivity index (χ0) is 20.2. The van der Waals surface area contributed by atoms with Gasteiger partial charge in [-0.1, -0.05) is 55.3 Å². The van der Waals surface area contributed by atoms with E-state index in [0.29, 0.717) is 19.3 Å². The van der Waals surface area contributed by atoms with Crippen LogP contribution in [-0.4, -0.2) is 47.7 Å². The van der Waals surface area contributed by atoms with E-state index in [0.717, 1.165) is 50.6 Å². The molecule has 1 N–H and O–H groups in total. The second kappa shape index (κ2) is 12.3. The van der Waals surface area contributed by atoms with Crippen molar-refractivity contribution in [1.29, 1.82) is 0 Å². The number of benzene rings is 1. The van der Waals surface area contributed by atoms with Crippen molar-refractivity contribution < 1.29 is 19.4 Å². The lowest BCUT2D eigenvalue weighted by Crippen LogP contribution is -2.43. The van der Waals surface area contributed by atoms with Crippen LogP contribution >= 0.6 is 0 Å². The fourth-order valence-corrected chi connectivity index (χ4v) is 3.62. The van der Waals surface area contributed by atoms with Crippen LogP contribution in [0.5, 0.6) is 0 Å². The van der Waals surface area contributed by atoms with Gasteiger partial charge >= 0.3 is 5.97 Å². The maximum Gasteiger partial charge on any atom is 0.305 e. The number of nitrogens with zero attached hydrogens (tertiary/aromatic N) is 1. The smallest absolute Gasteiger partial charge is 0.305 e. The number of esters is 1. The lowest BCUT2D eigenvalue weighted by Gasteiger charge is -2.34.